The molecule has 0 aromatic heterocycles. The van der Waals surface area contributed by atoms with Crippen LogP contribution in [-0.4, -0.2) is 25.1 Å². The molecule has 0 spiro atoms. The molecule has 2 aromatic carbocycles. The molecule has 6 heteroatoms. The number of carbonyl (C=O) groups excluding carboxylic acids is 2. The molecule has 0 fully saturated rings. The lowest BCUT2D eigenvalue weighted by Gasteiger charge is -2.10. The van der Waals surface area contributed by atoms with Crippen molar-refractivity contribution in [3.63, 3.8) is 0 Å². The molecule has 0 aliphatic rings. The second-order valence-electron chi connectivity index (χ2n) is 6.32. The first kappa shape index (κ1) is 19.8. The topological polar surface area (TPSA) is 64.6 Å². The van der Waals surface area contributed by atoms with Crippen LogP contribution in [0.1, 0.15) is 29.8 Å². The smallest absolute Gasteiger partial charge is 0.338 e. The summed E-state index contributed by atoms with van der Waals surface area (Å²) in [6.45, 7) is 6.05. The molecule has 0 atom stereocenters. The second kappa shape index (κ2) is 9.25. The summed E-state index contributed by atoms with van der Waals surface area (Å²) >= 11 is 5.89. The maximum absolute atomic E-state index is 12.0. The van der Waals surface area contributed by atoms with Gasteiger partial charge in [0.25, 0.3) is 5.91 Å². The molecule has 0 bridgehead atoms. The Kier molecular flexibility index (Phi) is 7.04. The number of hydrogen-bond acceptors (Lipinski definition) is 4. The third-order valence-electron chi connectivity index (χ3n) is 3.45. The number of amides is 1. The molecular weight excluding hydrogens is 354 g/mol. The van der Waals surface area contributed by atoms with Gasteiger partial charge >= 0.3 is 5.97 Å². The van der Waals surface area contributed by atoms with Crippen molar-refractivity contribution in [2.24, 2.45) is 5.92 Å². The van der Waals surface area contributed by atoms with E-state index in [-0.39, 0.29) is 24.4 Å². The van der Waals surface area contributed by atoms with E-state index in [1.54, 1.807) is 42.5 Å². The first-order chi connectivity index (χ1) is 12.3. The van der Waals surface area contributed by atoms with Crippen molar-refractivity contribution in [1.82, 2.24) is 0 Å². The van der Waals surface area contributed by atoms with Crippen molar-refractivity contribution in [1.29, 1.82) is 0 Å². The monoisotopic (exact) mass is 375 g/mol. The van der Waals surface area contributed by atoms with E-state index in [9.17, 15) is 9.59 Å². The first-order valence-electron chi connectivity index (χ1n) is 8.31. The highest BCUT2D eigenvalue weighted by molar-refractivity contribution is 6.30. The Labute approximate surface area is 158 Å². The summed E-state index contributed by atoms with van der Waals surface area (Å²) in [6, 6.07) is 11.7. The van der Waals surface area contributed by atoms with Crippen LogP contribution in [0.5, 0.6) is 5.75 Å². The highest BCUT2D eigenvalue weighted by Crippen LogP contribution is 2.21. The maximum atomic E-state index is 12.0. The third-order valence-corrected chi connectivity index (χ3v) is 3.68. The van der Waals surface area contributed by atoms with Gasteiger partial charge in [-0.15, -0.1) is 0 Å². The molecule has 0 heterocycles. The molecule has 1 N–H and O–H groups in total. The number of nitrogens with one attached hydrogen (secondary N) is 1. The summed E-state index contributed by atoms with van der Waals surface area (Å²) in [4.78, 5) is 23.9. The number of anilines is 1. The number of hydrogen-bond donors (Lipinski definition) is 1. The zero-order valence-electron chi connectivity index (χ0n) is 15.0. The van der Waals surface area contributed by atoms with E-state index in [1.807, 2.05) is 20.8 Å². The zero-order chi connectivity index (χ0) is 19.1. The first-order valence-corrected chi connectivity index (χ1v) is 8.69. The number of rotatable bonds is 7. The maximum Gasteiger partial charge on any atom is 0.338 e. The van der Waals surface area contributed by atoms with Crippen molar-refractivity contribution in [2.45, 2.75) is 20.8 Å². The van der Waals surface area contributed by atoms with E-state index < -0.39 is 0 Å². The fourth-order valence-corrected chi connectivity index (χ4v) is 2.36. The van der Waals surface area contributed by atoms with Gasteiger partial charge in [0.15, 0.2) is 6.61 Å². The fourth-order valence-electron chi connectivity index (χ4n) is 2.13. The second-order valence-corrected chi connectivity index (χ2v) is 6.75. The van der Waals surface area contributed by atoms with Crippen molar-refractivity contribution in [3.05, 3.63) is 58.6 Å². The Bertz CT molecular complexity index is 772. The van der Waals surface area contributed by atoms with Gasteiger partial charge in [0.2, 0.25) is 0 Å². The van der Waals surface area contributed by atoms with Gasteiger partial charge < -0.3 is 14.8 Å². The number of carbonyl (C=O) groups is 2. The molecule has 26 heavy (non-hydrogen) atoms. The summed E-state index contributed by atoms with van der Waals surface area (Å²) in [7, 11) is 0. The predicted molar refractivity (Wildman–Crippen MR) is 102 cm³/mol. The van der Waals surface area contributed by atoms with E-state index in [0.29, 0.717) is 28.6 Å². The number of esters is 1. The van der Waals surface area contributed by atoms with Gasteiger partial charge in [-0.05, 0) is 60.9 Å². The molecular formula is C20H22ClNO4. The van der Waals surface area contributed by atoms with Crippen molar-refractivity contribution >= 4 is 29.2 Å². The summed E-state index contributed by atoms with van der Waals surface area (Å²) in [5.41, 5.74) is 1.87. The van der Waals surface area contributed by atoms with E-state index in [4.69, 9.17) is 21.1 Å². The minimum Gasteiger partial charge on any atom is -0.483 e. The lowest BCUT2D eigenvalue weighted by molar-refractivity contribution is -0.118. The Morgan fingerprint density at radius 3 is 2.42 bits per heavy atom. The summed E-state index contributed by atoms with van der Waals surface area (Å²) in [5.74, 6) is 0.210. The molecule has 0 aliphatic carbocycles. The van der Waals surface area contributed by atoms with Crippen molar-refractivity contribution in [3.8, 4) is 5.75 Å². The van der Waals surface area contributed by atoms with Crippen LogP contribution in [0.4, 0.5) is 5.69 Å². The van der Waals surface area contributed by atoms with Gasteiger partial charge in [0, 0.05) is 10.7 Å². The molecule has 138 valence electrons. The fraction of sp³-hybridized carbons (Fsp3) is 0.300. The molecule has 2 rings (SSSR count). The number of aryl methyl sites for hydroxylation is 1. The average molecular weight is 376 g/mol. The van der Waals surface area contributed by atoms with Crippen molar-refractivity contribution < 1.29 is 19.1 Å². The summed E-state index contributed by atoms with van der Waals surface area (Å²) in [5, 5.41) is 3.33. The van der Waals surface area contributed by atoms with Gasteiger partial charge in [-0.3, -0.25) is 4.79 Å². The van der Waals surface area contributed by atoms with Gasteiger partial charge in [-0.1, -0.05) is 25.4 Å². The third kappa shape index (κ3) is 6.08. The van der Waals surface area contributed by atoms with Crippen LogP contribution in [0.3, 0.4) is 0 Å². The number of halogens is 1. The van der Waals surface area contributed by atoms with Crippen LogP contribution >= 0.6 is 11.6 Å². The molecule has 0 saturated carbocycles. The minimum absolute atomic E-state index is 0.124. The predicted octanol–water partition coefficient (Wildman–Crippen LogP) is 4.48. The van der Waals surface area contributed by atoms with Crippen molar-refractivity contribution in [2.75, 3.05) is 18.5 Å². The van der Waals surface area contributed by atoms with Gasteiger partial charge in [0.05, 0.1) is 12.2 Å². The van der Waals surface area contributed by atoms with Crippen LogP contribution in [0, 0.1) is 12.8 Å². The van der Waals surface area contributed by atoms with Gasteiger partial charge in [0.1, 0.15) is 5.75 Å². The summed E-state index contributed by atoms with van der Waals surface area (Å²) in [6.07, 6.45) is 0. The van der Waals surface area contributed by atoms with Crippen LogP contribution in [-0.2, 0) is 9.53 Å². The summed E-state index contributed by atoms with van der Waals surface area (Å²) < 4.78 is 10.7. The molecule has 0 radical (unpaired) electrons. The molecule has 0 unspecified atom stereocenters. The number of benzene rings is 2. The Hall–Kier alpha value is -2.53. The number of ether oxygens (including phenoxy) is 2. The van der Waals surface area contributed by atoms with E-state index >= 15 is 0 Å². The molecule has 5 nitrogen and oxygen atoms in total. The molecule has 0 aliphatic heterocycles. The molecule has 2 aromatic rings. The SMILES string of the molecule is Cc1cc(Cl)ccc1OCC(=O)Nc1ccc(C(=O)OCC(C)C)cc1. The minimum atomic E-state index is -0.377. The highest BCUT2D eigenvalue weighted by atomic mass is 35.5. The molecule has 0 saturated heterocycles. The van der Waals surface area contributed by atoms with E-state index in [0.717, 1.165) is 5.56 Å². The Morgan fingerprint density at radius 2 is 1.81 bits per heavy atom. The average Bonchev–Trinajstić information content (AvgIpc) is 2.59. The van der Waals surface area contributed by atoms with E-state index in [2.05, 4.69) is 5.32 Å². The Morgan fingerprint density at radius 1 is 1.12 bits per heavy atom. The normalized spacial score (nSPS) is 10.5. The quantitative estimate of drug-likeness (QED) is 0.725. The highest BCUT2D eigenvalue weighted by Gasteiger charge is 2.10. The lowest BCUT2D eigenvalue weighted by Crippen LogP contribution is -2.20. The standard InChI is InChI=1S/C20H22ClNO4/c1-13(2)11-26-20(24)15-4-7-17(8-5-15)22-19(23)12-25-18-9-6-16(21)10-14(18)3/h4-10,13H,11-12H2,1-3H3,(H,22,23). The lowest BCUT2D eigenvalue weighted by atomic mass is 10.2. The van der Waals surface area contributed by atoms with Crippen LogP contribution < -0.4 is 10.1 Å². The van der Waals surface area contributed by atoms with Crippen LogP contribution in [0.2, 0.25) is 5.02 Å². The van der Waals surface area contributed by atoms with Gasteiger partial charge in [-0.2, -0.15) is 0 Å². The van der Waals surface area contributed by atoms with Crippen LogP contribution in [0.15, 0.2) is 42.5 Å². The molecule has 1 amide bonds. The van der Waals surface area contributed by atoms with Gasteiger partial charge in [-0.25, -0.2) is 4.79 Å². The van der Waals surface area contributed by atoms with Crippen LogP contribution in [0.25, 0.3) is 0 Å². The van der Waals surface area contributed by atoms with E-state index in [1.165, 1.54) is 0 Å². The zero-order valence-corrected chi connectivity index (χ0v) is 15.8. The Balaban J connectivity index is 1.86. The largest absolute Gasteiger partial charge is 0.483 e.